The lowest BCUT2D eigenvalue weighted by Gasteiger charge is -2.01. The summed E-state index contributed by atoms with van der Waals surface area (Å²) in [6.45, 7) is 9.17. The lowest BCUT2D eigenvalue weighted by molar-refractivity contribution is 0.137. The van der Waals surface area contributed by atoms with Crippen LogP contribution in [-0.2, 0) is 4.74 Å². The monoisotopic (exact) mass is 143 g/mol. The fourth-order valence-electron chi connectivity index (χ4n) is 0.595. The minimum atomic E-state index is 0.807. The first-order valence-electron chi connectivity index (χ1n) is 3.81. The van der Waals surface area contributed by atoms with Crippen LogP contribution in [0.3, 0.4) is 0 Å². The minimum absolute atomic E-state index is 0.807. The van der Waals surface area contributed by atoms with Gasteiger partial charge in [0.25, 0.3) is 0 Å². The predicted octanol–water partition coefficient (Wildman–Crippen LogP) is 1.19. The smallest absolute Gasteiger partial charge is 0.0591 e. The molecule has 0 saturated carbocycles. The summed E-state index contributed by atoms with van der Waals surface area (Å²) in [7, 11) is 0. The third-order valence-corrected chi connectivity index (χ3v) is 1.06. The van der Waals surface area contributed by atoms with Gasteiger partial charge >= 0.3 is 0 Å². The molecule has 0 aromatic carbocycles. The molecular weight excluding hydrogens is 126 g/mol. The van der Waals surface area contributed by atoms with Crippen molar-refractivity contribution in [1.82, 2.24) is 5.32 Å². The molecule has 0 saturated heterocycles. The van der Waals surface area contributed by atoms with E-state index in [4.69, 9.17) is 4.74 Å². The molecule has 10 heavy (non-hydrogen) atoms. The van der Waals surface area contributed by atoms with Crippen LogP contribution in [0.2, 0.25) is 0 Å². The van der Waals surface area contributed by atoms with E-state index >= 15 is 0 Å². The zero-order chi connectivity index (χ0) is 7.66. The van der Waals surface area contributed by atoms with Crippen LogP contribution >= 0.6 is 0 Å². The second-order valence-electron chi connectivity index (χ2n) is 2.11. The van der Waals surface area contributed by atoms with Crippen molar-refractivity contribution in [1.29, 1.82) is 0 Å². The van der Waals surface area contributed by atoms with Crippen LogP contribution in [0.4, 0.5) is 0 Å². The maximum absolute atomic E-state index is 5.23. The molecule has 0 amide bonds. The summed E-state index contributed by atoms with van der Waals surface area (Å²) in [5, 5.41) is 3.15. The minimum Gasteiger partial charge on any atom is -0.380 e. The topological polar surface area (TPSA) is 21.3 Å². The van der Waals surface area contributed by atoms with Crippen LogP contribution in [0.15, 0.2) is 12.7 Å². The number of hydrogen-bond acceptors (Lipinski definition) is 2. The molecule has 0 rings (SSSR count). The van der Waals surface area contributed by atoms with E-state index in [0.29, 0.717) is 0 Å². The van der Waals surface area contributed by atoms with E-state index in [-0.39, 0.29) is 0 Å². The van der Waals surface area contributed by atoms with Crippen molar-refractivity contribution >= 4 is 0 Å². The number of hydrogen-bond donors (Lipinski definition) is 1. The molecule has 0 aromatic heterocycles. The Labute approximate surface area is 63.3 Å². The Morgan fingerprint density at radius 2 is 2.30 bits per heavy atom. The van der Waals surface area contributed by atoms with Gasteiger partial charge in [0.15, 0.2) is 0 Å². The van der Waals surface area contributed by atoms with E-state index < -0.39 is 0 Å². The second kappa shape index (κ2) is 8.66. The quantitative estimate of drug-likeness (QED) is 0.427. The summed E-state index contributed by atoms with van der Waals surface area (Å²) in [4.78, 5) is 0. The Morgan fingerprint density at radius 3 is 2.90 bits per heavy atom. The summed E-state index contributed by atoms with van der Waals surface area (Å²) in [5.41, 5.74) is 0. The molecule has 0 fully saturated rings. The molecule has 0 atom stereocenters. The van der Waals surface area contributed by atoms with Gasteiger partial charge in [-0.2, -0.15) is 0 Å². The highest BCUT2D eigenvalue weighted by molar-refractivity contribution is 4.68. The Kier molecular flexibility index (Phi) is 8.37. The average Bonchev–Trinajstić information content (AvgIpc) is 1.97. The van der Waals surface area contributed by atoms with Crippen LogP contribution in [0.1, 0.15) is 13.3 Å². The van der Waals surface area contributed by atoms with Crippen molar-refractivity contribution in [2.45, 2.75) is 13.3 Å². The molecular formula is C8H17NO. The van der Waals surface area contributed by atoms with Gasteiger partial charge < -0.3 is 10.1 Å². The zero-order valence-electron chi connectivity index (χ0n) is 6.73. The number of ether oxygens (including phenoxy) is 1. The third kappa shape index (κ3) is 7.66. The van der Waals surface area contributed by atoms with Crippen LogP contribution in [0.25, 0.3) is 0 Å². The Balaban J connectivity index is 2.70. The van der Waals surface area contributed by atoms with E-state index in [1.165, 1.54) is 0 Å². The van der Waals surface area contributed by atoms with E-state index in [9.17, 15) is 0 Å². The van der Waals surface area contributed by atoms with Crippen molar-refractivity contribution in [2.24, 2.45) is 0 Å². The molecule has 0 spiro atoms. The molecule has 60 valence electrons. The molecule has 0 unspecified atom stereocenters. The van der Waals surface area contributed by atoms with Crippen molar-refractivity contribution < 1.29 is 4.74 Å². The molecule has 0 radical (unpaired) electrons. The highest BCUT2D eigenvalue weighted by Crippen LogP contribution is 1.77. The molecule has 0 aliphatic carbocycles. The van der Waals surface area contributed by atoms with E-state index in [2.05, 4.69) is 18.8 Å². The lowest BCUT2D eigenvalue weighted by atomic mass is 10.5. The predicted molar refractivity (Wildman–Crippen MR) is 44.2 cm³/mol. The molecule has 0 heterocycles. The van der Waals surface area contributed by atoms with Crippen molar-refractivity contribution in [3.63, 3.8) is 0 Å². The van der Waals surface area contributed by atoms with Gasteiger partial charge in [0.1, 0.15) is 0 Å². The van der Waals surface area contributed by atoms with Crippen LogP contribution in [-0.4, -0.2) is 26.3 Å². The van der Waals surface area contributed by atoms with Gasteiger partial charge in [0.05, 0.1) is 6.61 Å². The zero-order valence-corrected chi connectivity index (χ0v) is 6.73. The summed E-state index contributed by atoms with van der Waals surface area (Å²) < 4.78 is 5.23. The number of rotatable bonds is 7. The maximum atomic E-state index is 5.23. The van der Waals surface area contributed by atoms with Gasteiger partial charge in [-0.05, 0) is 6.42 Å². The summed E-state index contributed by atoms with van der Waals surface area (Å²) >= 11 is 0. The first-order valence-corrected chi connectivity index (χ1v) is 3.81. The van der Waals surface area contributed by atoms with E-state index in [1.807, 2.05) is 6.08 Å². The first-order chi connectivity index (χ1) is 4.91. The van der Waals surface area contributed by atoms with E-state index in [1.54, 1.807) is 0 Å². The Morgan fingerprint density at radius 1 is 1.50 bits per heavy atom. The molecule has 2 heteroatoms. The Hall–Kier alpha value is -0.340. The van der Waals surface area contributed by atoms with Gasteiger partial charge in [-0.3, -0.25) is 0 Å². The van der Waals surface area contributed by atoms with Gasteiger partial charge in [-0.25, -0.2) is 0 Å². The van der Waals surface area contributed by atoms with Crippen LogP contribution < -0.4 is 5.32 Å². The molecule has 2 nitrogen and oxygen atoms in total. The molecule has 0 aliphatic heterocycles. The fourth-order valence-corrected chi connectivity index (χ4v) is 0.595. The van der Waals surface area contributed by atoms with Gasteiger partial charge in [0, 0.05) is 19.7 Å². The third-order valence-electron chi connectivity index (χ3n) is 1.06. The number of nitrogens with one attached hydrogen (secondary N) is 1. The van der Waals surface area contributed by atoms with Crippen molar-refractivity contribution in [3.8, 4) is 0 Å². The van der Waals surface area contributed by atoms with Crippen molar-refractivity contribution in [3.05, 3.63) is 12.7 Å². The highest BCUT2D eigenvalue weighted by Gasteiger charge is 1.83. The summed E-state index contributed by atoms with van der Waals surface area (Å²) in [6.07, 6.45) is 2.95. The standard InChI is InChI=1S/C8H17NO/c1-3-5-9-6-8-10-7-4-2/h3,9H,1,4-8H2,2H3. The molecule has 1 N–H and O–H groups in total. The van der Waals surface area contributed by atoms with Gasteiger partial charge in [-0.1, -0.05) is 13.0 Å². The van der Waals surface area contributed by atoms with Gasteiger partial charge in [0.2, 0.25) is 0 Å². The maximum Gasteiger partial charge on any atom is 0.0591 e. The molecule has 0 aromatic rings. The van der Waals surface area contributed by atoms with Gasteiger partial charge in [-0.15, -0.1) is 6.58 Å². The molecule has 0 aliphatic rings. The second-order valence-corrected chi connectivity index (χ2v) is 2.11. The van der Waals surface area contributed by atoms with E-state index in [0.717, 1.165) is 32.7 Å². The van der Waals surface area contributed by atoms with Crippen LogP contribution in [0.5, 0.6) is 0 Å². The molecule has 0 bridgehead atoms. The highest BCUT2D eigenvalue weighted by atomic mass is 16.5. The fraction of sp³-hybridized carbons (Fsp3) is 0.750. The normalized spacial score (nSPS) is 9.70. The summed E-state index contributed by atoms with van der Waals surface area (Å²) in [5.74, 6) is 0. The summed E-state index contributed by atoms with van der Waals surface area (Å²) in [6, 6.07) is 0. The van der Waals surface area contributed by atoms with Crippen molar-refractivity contribution in [2.75, 3.05) is 26.3 Å². The SMILES string of the molecule is C=CCNCCOCCC. The average molecular weight is 143 g/mol. The largest absolute Gasteiger partial charge is 0.380 e. The lowest BCUT2D eigenvalue weighted by Crippen LogP contribution is -2.19. The first kappa shape index (κ1) is 9.66. The Bertz CT molecular complexity index is 73.7. The van der Waals surface area contributed by atoms with Crippen LogP contribution in [0, 0.1) is 0 Å².